The number of anilines is 1. The molecule has 1 spiro atoms. The van der Waals surface area contributed by atoms with Crippen molar-refractivity contribution >= 4 is 17.6 Å². The summed E-state index contributed by atoms with van der Waals surface area (Å²) < 4.78 is 10.7. The summed E-state index contributed by atoms with van der Waals surface area (Å²) in [5, 5.41) is 2.92. The number of likely N-dealkylation sites (N-methyl/N-ethyl adjacent to an activating group) is 1. The van der Waals surface area contributed by atoms with Gasteiger partial charge in [-0.3, -0.25) is 9.69 Å². The summed E-state index contributed by atoms with van der Waals surface area (Å²) in [4.78, 5) is 31.9. The van der Waals surface area contributed by atoms with Gasteiger partial charge in [0, 0.05) is 44.7 Å². The van der Waals surface area contributed by atoms with Crippen molar-refractivity contribution in [2.75, 3.05) is 51.8 Å². The number of hydrogen-bond acceptors (Lipinski definition) is 5. The molecule has 8 nitrogen and oxygen atoms in total. The van der Waals surface area contributed by atoms with Crippen LogP contribution >= 0.6 is 0 Å². The first kappa shape index (κ1) is 19.0. The van der Waals surface area contributed by atoms with E-state index in [9.17, 15) is 9.59 Å². The smallest absolute Gasteiger partial charge is 0.321 e. The lowest BCUT2D eigenvalue weighted by Gasteiger charge is -2.48. The Hall–Kier alpha value is -2.32. The minimum atomic E-state index is -0.270. The van der Waals surface area contributed by atoms with Crippen LogP contribution < -0.4 is 10.1 Å². The summed E-state index contributed by atoms with van der Waals surface area (Å²) in [7, 11) is 1.61. The first-order valence-corrected chi connectivity index (χ1v) is 9.95. The molecule has 3 amide bonds. The van der Waals surface area contributed by atoms with Crippen LogP contribution in [0.2, 0.25) is 0 Å². The number of carbonyl (C=O) groups is 2. The van der Waals surface area contributed by atoms with E-state index in [0.29, 0.717) is 45.1 Å². The average Bonchev–Trinajstić information content (AvgIpc) is 2.96. The SMILES string of the molecule is CCN1C(=O)[C@H]2CN(C(=O)Nc3ccc(OC)cc3)CCN2C12CCOCC2. The van der Waals surface area contributed by atoms with Gasteiger partial charge in [0.25, 0.3) is 0 Å². The van der Waals surface area contributed by atoms with E-state index in [-0.39, 0.29) is 23.6 Å². The molecule has 0 bridgehead atoms. The number of benzene rings is 1. The highest BCUT2D eigenvalue weighted by Crippen LogP contribution is 2.40. The topological polar surface area (TPSA) is 74.4 Å². The summed E-state index contributed by atoms with van der Waals surface area (Å²) in [6.07, 6.45) is 1.67. The fourth-order valence-corrected chi connectivity index (χ4v) is 4.80. The van der Waals surface area contributed by atoms with Gasteiger partial charge >= 0.3 is 6.03 Å². The molecule has 0 aliphatic carbocycles. The summed E-state index contributed by atoms with van der Waals surface area (Å²) >= 11 is 0. The third kappa shape index (κ3) is 3.10. The highest BCUT2D eigenvalue weighted by Gasteiger charge is 2.57. The fraction of sp³-hybridized carbons (Fsp3) is 0.600. The van der Waals surface area contributed by atoms with Crippen LogP contribution in [0.15, 0.2) is 24.3 Å². The van der Waals surface area contributed by atoms with Crippen LogP contribution in [-0.2, 0) is 9.53 Å². The van der Waals surface area contributed by atoms with Crippen molar-refractivity contribution in [1.82, 2.24) is 14.7 Å². The summed E-state index contributed by atoms with van der Waals surface area (Å²) in [5.41, 5.74) is 0.467. The van der Waals surface area contributed by atoms with Gasteiger partial charge in [-0.2, -0.15) is 0 Å². The monoisotopic (exact) mass is 388 g/mol. The van der Waals surface area contributed by atoms with Crippen LogP contribution in [0, 0.1) is 0 Å². The molecule has 3 fully saturated rings. The lowest BCUT2D eigenvalue weighted by atomic mass is 9.96. The van der Waals surface area contributed by atoms with Crippen LogP contribution in [0.5, 0.6) is 5.75 Å². The number of nitrogens with zero attached hydrogens (tertiary/aromatic N) is 3. The number of rotatable bonds is 3. The van der Waals surface area contributed by atoms with E-state index in [1.54, 1.807) is 12.0 Å². The number of urea groups is 1. The zero-order valence-electron chi connectivity index (χ0n) is 16.5. The molecule has 3 aliphatic heterocycles. The molecule has 8 heteroatoms. The standard InChI is InChI=1S/C20H28N4O4/c1-3-23-18(25)17-14-22(10-11-24(17)20(23)8-12-28-13-9-20)19(26)21-15-4-6-16(27-2)7-5-15/h4-7,17H,3,8-14H2,1-2H3,(H,21,26)/t17-/m1/s1. The molecular weight excluding hydrogens is 360 g/mol. The number of amides is 3. The zero-order chi connectivity index (χ0) is 19.7. The molecule has 0 saturated carbocycles. The molecule has 0 unspecified atom stereocenters. The third-order valence-electron chi connectivity index (χ3n) is 6.21. The molecule has 3 aliphatic rings. The van der Waals surface area contributed by atoms with Crippen molar-refractivity contribution in [3.63, 3.8) is 0 Å². The number of piperazine rings is 1. The number of nitrogens with one attached hydrogen (secondary N) is 1. The van der Waals surface area contributed by atoms with Gasteiger partial charge in [-0.1, -0.05) is 0 Å². The van der Waals surface area contributed by atoms with Crippen LogP contribution in [-0.4, -0.2) is 84.8 Å². The Balaban J connectivity index is 1.46. The quantitative estimate of drug-likeness (QED) is 0.851. The van der Waals surface area contributed by atoms with E-state index in [0.717, 1.165) is 18.6 Å². The lowest BCUT2D eigenvalue weighted by Crippen LogP contribution is -2.62. The Labute approximate surface area is 165 Å². The predicted molar refractivity (Wildman–Crippen MR) is 104 cm³/mol. The van der Waals surface area contributed by atoms with Crippen molar-refractivity contribution in [1.29, 1.82) is 0 Å². The number of fused-ring (bicyclic) bond motifs is 2. The van der Waals surface area contributed by atoms with Crippen LogP contribution in [0.3, 0.4) is 0 Å². The highest BCUT2D eigenvalue weighted by atomic mass is 16.5. The zero-order valence-corrected chi connectivity index (χ0v) is 16.5. The van der Waals surface area contributed by atoms with Gasteiger partial charge in [-0.05, 0) is 31.2 Å². The van der Waals surface area contributed by atoms with Crippen molar-refractivity contribution in [3.05, 3.63) is 24.3 Å². The van der Waals surface area contributed by atoms with Crippen LogP contribution in [0.25, 0.3) is 0 Å². The maximum absolute atomic E-state index is 13.1. The maximum atomic E-state index is 13.1. The van der Waals surface area contributed by atoms with E-state index in [4.69, 9.17) is 9.47 Å². The molecule has 28 heavy (non-hydrogen) atoms. The van der Waals surface area contributed by atoms with Crippen molar-refractivity contribution in [2.45, 2.75) is 31.5 Å². The second-order valence-electron chi connectivity index (χ2n) is 7.49. The molecule has 0 aromatic heterocycles. The average molecular weight is 388 g/mol. The Bertz CT molecular complexity index is 732. The molecule has 3 saturated heterocycles. The Kier molecular flexibility index (Phi) is 5.16. The van der Waals surface area contributed by atoms with Gasteiger partial charge < -0.3 is 24.6 Å². The molecule has 3 heterocycles. The molecule has 1 atom stereocenters. The molecule has 152 valence electrons. The molecule has 1 aromatic carbocycles. The Morgan fingerprint density at radius 1 is 1.25 bits per heavy atom. The first-order valence-electron chi connectivity index (χ1n) is 9.95. The lowest BCUT2D eigenvalue weighted by molar-refractivity contribution is -0.135. The largest absolute Gasteiger partial charge is 0.497 e. The third-order valence-corrected chi connectivity index (χ3v) is 6.21. The van der Waals surface area contributed by atoms with Gasteiger partial charge in [-0.15, -0.1) is 0 Å². The summed E-state index contributed by atoms with van der Waals surface area (Å²) in [6.45, 7) is 5.78. The second-order valence-corrected chi connectivity index (χ2v) is 7.49. The maximum Gasteiger partial charge on any atom is 0.321 e. The Morgan fingerprint density at radius 3 is 2.61 bits per heavy atom. The van der Waals surface area contributed by atoms with Crippen molar-refractivity contribution < 1.29 is 19.1 Å². The van der Waals surface area contributed by atoms with E-state index in [2.05, 4.69) is 10.2 Å². The molecule has 4 rings (SSSR count). The minimum Gasteiger partial charge on any atom is -0.497 e. The molecule has 0 radical (unpaired) electrons. The van der Waals surface area contributed by atoms with E-state index >= 15 is 0 Å². The second kappa shape index (κ2) is 7.60. The first-order chi connectivity index (χ1) is 13.6. The molecule has 1 N–H and O–H groups in total. The van der Waals surface area contributed by atoms with Gasteiger partial charge in [0.05, 0.1) is 20.3 Å². The Morgan fingerprint density at radius 2 is 1.96 bits per heavy atom. The predicted octanol–water partition coefficient (Wildman–Crippen LogP) is 1.58. The van der Waals surface area contributed by atoms with E-state index in [1.807, 2.05) is 36.1 Å². The minimum absolute atomic E-state index is 0.131. The van der Waals surface area contributed by atoms with Gasteiger partial charge in [0.1, 0.15) is 17.5 Å². The van der Waals surface area contributed by atoms with E-state index < -0.39 is 0 Å². The van der Waals surface area contributed by atoms with Crippen LogP contribution in [0.4, 0.5) is 10.5 Å². The van der Waals surface area contributed by atoms with E-state index in [1.165, 1.54) is 0 Å². The normalized spacial score (nSPS) is 24.4. The van der Waals surface area contributed by atoms with Crippen LogP contribution in [0.1, 0.15) is 19.8 Å². The number of carbonyl (C=O) groups excluding carboxylic acids is 2. The molecular formula is C20H28N4O4. The number of hydrogen-bond donors (Lipinski definition) is 1. The van der Waals surface area contributed by atoms with Crippen molar-refractivity contribution in [2.24, 2.45) is 0 Å². The van der Waals surface area contributed by atoms with Gasteiger partial charge in [-0.25, -0.2) is 4.79 Å². The number of methoxy groups -OCH3 is 1. The summed E-state index contributed by atoms with van der Waals surface area (Å²) in [5.74, 6) is 0.871. The molecule has 1 aromatic rings. The summed E-state index contributed by atoms with van der Waals surface area (Å²) in [6, 6.07) is 6.79. The van der Waals surface area contributed by atoms with Crippen molar-refractivity contribution in [3.8, 4) is 5.75 Å². The van der Waals surface area contributed by atoms with Gasteiger partial charge in [0.2, 0.25) is 5.91 Å². The van der Waals surface area contributed by atoms with Gasteiger partial charge in [0.15, 0.2) is 0 Å². The highest BCUT2D eigenvalue weighted by molar-refractivity contribution is 5.91. The number of ether oxygens (including phenoxy) is 2. The fourth-order valence-electron chi connectivity index (χ4n) is 4.80.